The molecule has 0 aliphatic rings. The van der Waals surface area contributed by atoms with Gasteiger partial charge in [-0.25, -0.2) is 4.79 Å². The van der Waals surface area contributed by atoms with E-state index in [2.05, 4.69) is 5.32 Å². The maximum atomic E-state index is 12.3. The number of nitrogens with one attached hydrogen (secondary N) is 1. The van der Waals surface area contributed by atoms with E-state index in [-0.39, 0.29) is 25.7 Å². The van der Waals surface area contributed by atoms with Crippen molar-refractivity contribution in [2.24, 2.45) is 5.92 Å². The van der Waals surface area contributed by atoms with Crippen LogP contribution in [0.1, 0.15) is 25.0 Å². The van der Waals surface area contributed by atoms with E-state index < -0.39 is 12.2 Å². The summed E-state index contributed by atoms with van der Waals surface area (Å²) in [5.74, 6) is 0.566. The molecule has 6 heteroatoms. The lowest BCUT2D eigenvalue weighted by atomic mass is 9.94. The zero-order valence-electron chi connectivity index (χ0n) is 14.8. The molecular formula is C20H25NO5. The van der Waals surface area contributed by atoms with Crippen molar-refractivity contribution in [2.45, 2.75) is 19.4 Å². The first kappa shape index (κ1) is 19.8. The summed E-state index contributed by atoms with van der Waals surface area (Å²) in [5.41, 5.74) is 1.46. The summed E-state index contributed by atoms with van der Waals surface area (Å²) in [6, 6.07) is 16.2. The molecule has 0 saturated carbocycles. The molecule has 6 nitrogen and oxygen atoms in total. The Morgan fingerprint density at radius 1 is 1.04 bits per heavy atom. The Labute approximate surface area is 153 Å². The summed E-state index contributed by atoms with van der Waals surface area (Å²) in [7, 11) is 0. The molecule has 140 valence electrons. The number of hydrogen-bond donors (Lipinski definition) is 3. The smallest absolute Gasteiger partial charge is 0.412 e. The van der Waals surface area contributed by atoms with Gasteiger partial charge in [-0.15, -0.1) is 0 Å². The Morgan fingerprint density at radius 2 is 1.73 bits per heavy atom. The van der Waals surface area contributed by atoms with Crippen LogP contribution in [0.25, 0.3) is 0 Å². The van der Waals surface area contributed by atoms with Gasteiger partial charge in [-0.3, -0.25) is 5.32 Å². The van der Waals surface area contributed by atoms with Gasteiger partial charge in [-0.2, -0.15) is 0 Å². The van der Waals surface area contributed by atoms with Crippen LogP contribution in [0, 0.1) is 5.92 Å². The second-order valence-corrected chi connectivity index (χ2v) is 5.95. The number of amides is 1. The molecule has 2 aromatic rings. The van der Waals surface area contributed by atoms with Crippen molar-refractivity contribution in [3.63, 3.8) is 0 Å². The Bertz CT molecular complexity index is 660. The standard InChI is InChI=1S/C20H25NO5/c1-15(11-12-22)19(16-7-9-18(10-8-16)25-14-13-23)26-20(24)21-17-5-3-2-4-6-17/h2-10,15,19,22-23H,11-14H2,1H3,(H,21,24)/t15-,19-/m0/s1. The molecular weight excluding hydrogens is 334 g/mol. The predicted molar refractivity (Wildman–Crippen MR) is 99.2 cm³/mol. The van der Waals surface area contributed by atoms with Crippen molar-refractivity contribution < 1.29 is 24.5 Å². The summed E-state index contributed by atoms with van der Waals surface area (Å²) >= 11 is 0. The van der Waals surface area contributed by atoms with Gasteiger partial charge in [-0.1, -0.05) is 37.3 Å². The van der Waals surface area contributed by atoms with Gasteiger partial charge in [0.15, 0.2) is 0 Å². The molecule has 2 rings (SSSR count). The molecule has 3 N–H and O–H groups in total. The maximum absolute atomic E-state index is 12.3. The zero-order valence-corrected chi connectivity index (χ0v) is 14.8. The Kier molecular flexibility index (Phi) is 7.92. The fourth-order valence-electron chi connectivity index (χ4n) is 2.57. The fraction of sp³-hybridized carbons (Fsp3) is 0.350. The van der Waals surface area contributed by atoms with Crippen molar-refractivity contribution in [3.8, 4) is 5.75 Å². The fourth-order valence-corrected chi connectivity index (χ4v) is 2.57. The molecule has 0 aromatic heterocycles. The molecule has 0 unspecified atom stereocenters. The molecule has 2 aromatic carbocycles. The summed E-state index contributed by atoms with van der Waals surface area (Å²) in [6.07, 6.45) is -0.546. The van der Waals surface area contributed by atoms with Crippen molar-refractivity contribution in [2.75, 3.05) is 25.1 Å². The molecule has 0 aliphatic carbocycles. The van der Waals surface area contributed by atoms with Gasteiger partial charge in [0.05, 0.1) is 6.61 Å². The highest BCUT2D eigenvalue weighted by molar-refractivity contribution is 5.84. The number of para-hydroxylation sites is 1. The van der Waals surface area contributed by atoms with Gasteiger partial charge < -0.3 is 19.7 Å². The van der Waals surface area contributed by atoms with Crippen LogP contribution < -0.4 is 10.1 Å². The number of ether oxygens (including phenoxy) is 2. The first-order valence-electron chi connectivity index (χ1n) is 8.61. The number of aliphatic hydroxyl groups excluding tert-OH is 2. The highest BCUT2D eigenvalue weighted by atomic mass is 16.6. The average Bonchev–Trinajstić information content (AvgIpc) is 2.66. The van der Waals surface area contributed by atoms with E-state index in [4.69, 9.17) is 14.6 Å². The SMILES string of the molecule is C[C@@H](CCO)[C@H](OC(=O)Nc1ccccc1)c1ccc(OCCO)cc1. The molecule has 0 fully saturated rings. The lowest BCUT2D eigenvalue weighted by Crippen LogP contribution is -2.22. The first-order valence-corrected chi connectivity index (χ1v) is 8.61. The third-order valence-corrected chi connectivity index (χ3v) is 3.92. The van der Waals surface area contributed by atoms with Crippen LogP contribution in [0.4, 0.5) is 10.5 Å². The van der Waals surface area contributed by atoms with Crippen LogP contribution in [-0.2, 0) is 4.74 Å². The van der Waals surface area contributed by atoms with E-state index in [1.165, 1.54) is 0 Å². The Morgan fingerprint density at radius 3 is 2.35 bits per heavy atom. The minimum absolute atomic E-state index is 0.0129. The Balaban J connectivity index is 2.08. The average molecular weight is 359 g/mol. The normalized spacial score (nSPS) is 12.9. The van der Waals surface area contributed by atoms with Gasteiger partial charge in [0.25, 0.3) is 0 Å². The lowest BCUT2D eigenvalue weighted by Gasteiger charge is -2.24. The highest BCUT2D eigenvalue weighted by Crippen LogP contribution is 2.30. The molecule has 0 heterocycles. The van der Waals surface area contributed by atoms with Crippen LogP contribution >= 0.6 is 0 Å². The van der Waals surface area contributed by atoms with E-state index in [0.717, 1.165) is 5.56 Å². The van der Waals surface area contributed by atoms with Crippen LogP contribution in [-0.4, -0.2) is 36.1 Å². The molecule has 0 spiro atoms. The molecule has 0 bridgehead atoms. The number of benzene rings is 2. The summed E-state index contributed by atoms with van der Waals surface area (Å²) in [6.45, 7) is 2.10. The molecule has 26 heavy (non-hydrogen) atoms. The van der Waals surface area contributed by atoms with E-state index in [1.54, 1.807) is 24.3 Å². The van der Waals surface area contributed by atoms with E-state index in [0.29, 0.717) is 17.9 Å². The minimum atomic E-state index is -0.549. The molecule has 0 saturated heterocycles. The van der Waals surface area contributed by atoms with Gasteiger partial charge in [0.2, 0.25) is 0 Å². The van der Waals surface area contributed by atoms with Gasteiger partial charge in [0, 0.05) is 12.3 Å². The second kappa shape index (κ2) is 10.4. The summed E-state index contributed by atoms with van der Waals surface area (Å²) in [5, 5.41) is 20.8. The number of carbonyl (C=O) groups is 1. The van der Waals surface area contributed by atoms with E-state index in [9.17, 15) is 9.90 Å². The Hall–Kier alpha value is -2.57. The molecule has 0 aliphatic heterocycles. The zero-order chi connectivity index (χ0) is 18.8. The minimum Gasteiger partial charge on any atom is -0.491 e. The third-order valence-electron chi connectivity index (χ3n) is 3.92. The number of anilines is 1. The van der Waals surface area contributed by atoms with Crippen LogP contribution in [0.5, 0.6) is 5.75 Å². The van der Waals surface area contributed by atoms with Crippen molar-refractivity contribution >= 4 is 11.8 Å². The van der Waals surface area contributed by atoms with Crippen molar-refractivity contribution in [3.05, 3.63) is 60.2 Å². The monoisotopic (exact) mass is 359 g/mol. The second-order valence-electron chi connectivity index (χ2n) is 5.95. The molecule has 2 atom stereocenters. The number of carbonyl (C=O) groups excluding carboxylic acids is 1. The topological polar surface area (TPSA) is 88.0 Å². The van der Waals surface area contributed by atoms with Crippen molar-refractivity contribution in [1.29, 1.82) is 0 Å². The van der Waals surface area contributed by atoms with Crippen molar-refractivity contribution in [1.82, 2.24) is 0 Å². The third kappa shape index (κ3) is 6.06. The van der Waals surface area contributed by atoms with Crippen LogP contribution in [0.15, 0.2) is 54.6 Å². The number of rotatable bonds is 9. The van der Waals surface area contributed by atoms with E-state index in [1.807, 2.05) is 37.3 Å². The van der Waals surface area contributed by atoms with Crippen LogP contribution in [0.3, 0.4) is 0 Å². The van der Waals surface area contributed by atoms with Crippen LogP contribution in [0.2, 0.25) is 0 Å². The van der Waals surface area contributed by atoms with Gasteiger partial charge in [0.1, 0.15) is 18.5 Å². The van der Waals surface area contributed by atoms with Gasteiger partial charge >= 0.3 is 6.09 Å². The largest absolute Gasteiger partial charge is 0.491 e. The first-order chi connectivity index (χ1) is 12.6. The van der Waals surface area contributed by atoms with E-state index >= 15 is 0 Å². The predicted octanol–water partition coefficient (Wildman–Crippen LogP) is 3.37. The molecule has 1 amide bonds. The summed E-state index contributed by atoms with van der Waals surface area (Å²) < 4.78 is 11.0. The number of aliphatic hydroxyl groups is 2. The molecule has 0 radical (unpaired) electrons. The maximum Gasteiger partial charge on any atom is 0.412 e. The lowest BCUT2D eigenvalue weighted by molar-refractivity contribution is 0.0667. The quantitative estimate of drug-likeness (QED) is 0.639. The van der Waals surface area contributed by atoms with Gasteiger partial charge in [-0.05, 0) is 42.2 Å². The highest BCUT2D eigenvalue weighted by Gasteiger charge is 2.23. The number of hydrogen-bond acceptors (Lipinski definition) is 5. The summed E-state index contributed by atoms with van der Waals surface area (Å²) in [4.78, 5) is 12.3.